The number of nitrogens with one attached hydrogen (secondary N) is 1. The van der Waals surface area contributed by atoms with E-state index >= 15 is 0 Å². The van der Waals surface area contributed by atoms with Crippen LogP contribution in [0.4, 0.5) is 13.2 Å². The van der Waals surface area contributed by atoms with Gasteiger partial charge in [-0.2, -0.15) is 13.2 Å². The monoisotopic (exact) mass is 412 g/mol. The molecule has 0 radical (unpaired) electrons. The first kappa shape index (κ1) is 19.9. The second-order valence-corrected chi connectivity index (χ2v) is 7.33. The van der Waals surface area contributed by atoms with Crippen LogP contribution in [0, 0.1) is 5.92 Å². The van der Waals surface area contributed by atoms with Crippen LogP contribution >= 0.6 is 0 Å². The zero-order valence-corrected chi connectivity index (χ0v) is 15.9. The maximum atomic E-state index is 12.8. The highest BCUT2D eigenvalue weighted by atomic mass is 19.4. The van der Waals surface area contributed by atoms with Crippen molar-refractivity contribution in [1.82, 2.24) is 9.88 Å². The number of ketones is 1. The first-order valence-electron chi connectivity index (χ1n) is 9.55. The molecular weight excluding hydrogens is 393 g/mol. The first-order valence-corrected chi connectivity index (χ1v) is 9.55. The summed E-state index contributed by atoms with van der Waals surface area (Å²) in [5.41, 5.74) is 1.93. The van der Waals surface area contributed by atoms with Crippen molar-refractivity contribution in [3.8, 4) is 0 Å². The van der Waals surface area contributed by atoms with Crippen LogP contribution in [0.15, 0.2) is 66.7 Å². The van der Waals surface area contributed by atoms with Gasteiger partial charge in [-0.15, -0.1) is 0 Å². The Hall–Kier alpha value is -3.35. The van der Waals surface area contributed by atoms with Crippen LogP contribution in [0.25, 0.3) is 0 Å². The summed E-state index contributed by atoms with van der Waals surface area (Å²) in [5, 5.41) is 2.79. The average molecular weight is 412 g/mol. The maximum absolute atomic E-state index is 12.8. The number of carbonyl (C=O) groups excluding carboxylic acids is 2. The molecule has 2 heterocycles. The lowest BCUT2D eigenvalue weighted by Crippen LogP contribution is -2.31. The van der Waals surface area contributed by atoms with E-state index in [1.54, 1.807) is 30.3 Å². The summed E-state index contributed by atoms with van der Waals surface area (Å²) in [7, 11) is 0. The molecule has 30 heavy (non-hydrogen) atoms. The lowest BCUT2D eigenvalue weighted by atomic mass is 10.0. The second-order valence-electron chi connectivity index (χ2n) is 7.33. The minimum absolute atomic E-state index is 0.0901. The lowest BCUT2D eigenvalue weighted by Gasteiger charge is -2.12. The Balaban J connectivity index is 1.38. The van der Waals surface area contributed by atoms with Crippen LogP contribution < -0.4 is 5.32 Å². The SMILES string of the molecule is O=C(c1ccccc1)c1ccc2n1CC(C(=O)NCc1ccc(C(F)(F)F)cc1)C2. The Kier molecular flexibility index (Phi) is 5.20. The van der Waals surface area contributed by atoms with Gasteiger partial charge in [-0.05, 0) is 29.8 Å². The first-order chi connectivity index (χ1) is 14.3. The van der Waals surface area contributed by atoms with Crippen molar-refractivity contribution in [3.63, 3.8) is 0 Å². The van der Waals surface area contributed by atoms with Gasteiger partial charge in [-0.1, -0.05) is 42.5 Å². The van der Waals surface area contributed by atoms with E-state index in [9.17, 15) is 22.8 Å². The van der Waals surface area contributed by atoms with Crippen molar-refractivity contribution >= 4 is 11.7 Å². The molecule has 3 aromatic rings. The number of hydrogen-bond acceptors (Lipinski definition) is 2. The van der Waals surface area contributed by atoms with Crippen LogP contribution in [0.3, 0.4) is 0 Å². The van der Waals surface area contributed by atoms with Gasteiger partial charge >= 0.3 is 6.18 Å². The lowest BCUT2D eigenvalue weighted by molar-refractivity contribution is -0.137. The summed E-state index contributed by atoms with van der Waals surface area (Å²) < 4.78 is 39.8. The number of amides is 1. The topological polar surface area (TPSA) is 51.1 Å². The van der Waals surface area contributed by atoms with E-state index in [0.29, 0.717) is 29.8 Å². The number of alkyl halides is 3. The fourth-order valence-corrected chi connectivity index (χ4v) is 3.70. The Bertz CT molecular complexity index is 1070. The number of nitrogens with zero attached hydrogens (tertiary/aromatic N) is 1. The van der Waals surface area contributed by atoms with Gasteiger partial charge in [-0.25, -0.2) is 0 Å². The minimum Gasteiger partial charge on any atom is -0.352 e. The zero-order chi connectivity index (χ0) is 21.3. The third-order valence-electron chi connectivity index (χ3n) is 5.32. The highest BCUT2D eigenvalue weighted by molar-refractivity contribution is 6.08. The number of rotatable bonds is 5. The molecule has 1 unspecified atom stereocenters. The molecule has 0 spiro atoms. The quantitative estimate of drug-likeness (QED) is 0.638. The largest absolute Gasteiger partial charge is 0.416 e. The predicted molar refractivity (Wildman–Crippen MR) is 105 cm³/mol. The number of benzene rings is 2. The van der Waals surface area contributed by atoms with Crippen molar-refractivity contribution in [3.05, 3.63) is 94.8 Å². The number of hydrogen-bond donors (Lipinski definition) is 1. The summed E-state index contributed by atoms with van der Waals surface area (Å²) in [4.78, 5) is 25.3. The molecule has 154 valence electrons. The highest BCUT2D eigenvalue weighted by Crippen LogP contribution is 2.29. The van der Waals surface area contributed by atoms with Crippen molar-refractivity contribution in [1.29, 1.82) is 0 Å². The zero-order valence-electron chi connectivity index (χ0n) is 15.9. The van der Waals surface area contributed by atoms with Crippen LogP contribution in [0.1, 0.15) is 32.9 Å². The molecule has 1 atom stereocenters. The van der Waals surface area contributed by atoms with Gasteiger partial charge < -0.3 is 9.88 Å². The average Bonchev–Trinajstić information content (AvgIpc) is 3.33. The van der Waals surface area contributed by atoms with E-state index in [0.717, 1.165) is 17.8 Å². The highest BCUT2D eigenvalue weighted by Gasteiger charge is 2.31. The number of fused-ring (bicyclic) bond motifs is 1. The van der Waals surface area contributed by atoms with Gasteiger partial charge in [-0.3, -0.25) is 9.59 Å². The van der Waals surface area contributed by atoms with Crippen molar-refractivity contribution in [2.24, 2.45) is 5.92 Å². The molecule has 1 aliphatic heterocycles. The summed E-state index contributed by atoms with van der Waals surface area (Å²) in [6.45, 7) is 0.549. The van der Waals surface area contributed by atoms with Crippen LogP contribution in [0.2, 0.25) is 0 Å². The molecule has 1 amide bonds. The van der Waals surface area contributed by atoms with E-state index in [1.807, 2.05) is 16.7 Å². The van der Waals surface area contributed by atoms with E-state index < -0.39 is 11.7 Å². The Morgan fingerprint density at radius 1 is 0.967 bits per heavy atom. The predicted octanol–water partition coefficient (Wildman–Crippen LogP) is 4.23. The fraction of sp³-hybridized carbons (Fsp3) is 0.217. The Morgan fingerprint density at radius 3 is 2.33 bits per heavy atom. The van der Waals surface area contributed by atoms with Gasteiger partial charge in [0.1, 0.15) is 0 Å². The van der Waals surface area contributed by atoms with Crippen LogP contribution in [-0.4, -0.2) is 16.3 Å². The Labute approximate surface area is 171 Å². The van der Waals surface area contributed by atoms with Gasteiger partial charge in [0, 0.05) is 30.8 Å². The number of carbonyl (C=O) groups is 2. The van der Waals surface area contributed by atoms with E-state index in [-0.39, 0.29) is 24.2 Å². The van der Waals surface area contributed by atoms with E-state index in [4.69, 9.17) is 0 Å². The van der Waals surface area contributed by atoms with Gasteiger partial charge in [0.25, 0.3) is 0 Å². The van der Waals surface area contributed by atoms with Gasteiger partial charge in [0.05, 0.1) is 17.2 Å². The molecule has 4 rings (SSSR count). The second kappa shape index (κ2) is 7.82. The summed E-state index contributed by atoms with van der Waals surface area (Å²) >= 11 is 0. The molecule has 0 saturated heterocycles. The molecule has 2 aromatic carbocycles. The molecule has 0 saturated carbocycles. The van der Waals surface area contributed by atoms with E-state index in [1.165, 1.54) is 12.1 Å². The smallest absolute Gasteiger partial charge is 0.352 e. The number of aromatic nitrogens is 1. The molecule has 1 aliphatic rings. The third-order valence-corrected chi connectivity index (χ3v) is 5.32. The normalized spacial score (nSPS) is 15.6. The summed E-state index contributed by atoms with van der Waals surface area (Å²) in [6.07, 6.45) is -3.87. The molecule has 1 aromatic heterocycles. The molecule has 7 heteroatoms. The molecule has 0 bridgehead atoms. The standard InChI is InChI=1S/C23H19F3N2O2/c24-23(25,26)18-8-6-15(7-9-18)13-27-22(30)17-12-19-10-11-20(28(19)14-17)21(29)16-4-2-1-3-5-16/h1-11,17H,12-14H2,(H,27,30). The summed E-state index contributed by atoms with van der Waals surface area (Å²) in [6, 6.07) is 17.3. The molecule has 0 fully saturated rings. The van der Waals surface area contributed by atoms with Crippen LogP contribution in [0.5, 0.6) is 0 Å². The molecular formula is C23H19F3N2O2. The molecule has 0 aliphatic carbocycles. The number of halogens is 3. The minimum atomic E-state index is -4.38. The summed E-state index contributed by atoms with van der Waals surface area (Å²) in [5.74, 6) is -0.595. The third kappa shape index (κ3) is 4.01. The van der Waals surface area contributed by atoms with Crippen molar-refractivity contribution in [2.45, 2.75) is 25.7 Å². The van der Waals surface area contributed by atoms with Gasteiger partial charge in [0.15, 0.2) is 0 Å². The molecule has 1 N–H and O–H groups in total. The Morgan fingerprint density at radius 2 is 1.67 bits per heavy atom. The van der Waals surface area contributed by atoms with Crippen molar-refractivity contribution in [2.75, 3.05) is 0 Å². The van der Waals surface area contributed by atoms with E-state index in [2.05, 4.69) is 5.32 Å². The molecule has 4 nitrogen and oxygen atoms in total. The van der Waals surface area contributed by atoms with Crippen LogP contribution in [-0.2, 0) is 30.5 Å². The van der Waals surface area contributed by atoms with Gasteiger partial charge in [0.2, 0.25) is 11.7 Å². The fourth-order valence-electron chi connectivity index (χ4n) is 3.70. The maximum Gasteiger partial charge on any atom is 0.416 e. The van der Waals surface area contributed by atoms with Crippen molar-refractivity contribution < 1.29 is 22.8 Å².